The van der Waals surface area contributed by atoms with Gasteiger partial charge in [0.05, 0.1) is 5.56 Å². The van der Waals surface area contributed by atoms with Crippen molar-refractivity contribution in [2.75, 3.05) is 0 Å². The molecule has 1 aliphatic rings. The highest BCUT2D eigenvalue weighted by molar-refractivity contribution is 5.90. The highest BCUT2D eigenvalue weighted by atomic mass is 16.5. The minimum Gasteiger partial charge on any atom is -0.427 e. The summed E-state index contributed by atoms with van der Waals surface area (Å²) in [6, 6.07) is 1.81. The van der Waals surface area contributed by atoms with Gasteiger partial charge in [-0.2, -0.15) is 0 Å². The second-order valence-electron chi connectivity index (χ2n) is 9.60. The van der Waals surface area contributed by atoms with E-state index in [1.165, 1.54) is 44.9 Å². The molecule has 33 heavy (non-hydrogen) atoms. The van der Waals surface area contributed by atoms with E-state index in [9.17, 15) is 9.59 Å². The summed E-state index contributed by atoms with van der Waals surface area (Å²) in [6.07, 6.45) is 22.7. The van der Waals surface area contributed by atoms with Gasteiger partial charge in [0.1, 0.15) is 11.5 Å². The van der Waals surface area contributed by atoms with Crippen molar-refractivity contribution >= 4 is 5.97 Å². The first-order chi connectivity index (χ1) is 16.2. The normalized spacial score (nSPS) is 13.7. The van der Waals surface area contributed by atoms with E-state index < -0.39 is 0 Å². The lowest BCUT2D eigenvalue weighted by molar-refractivity contribution is -0.130. The number of ether oxygens (including phenoxy) is 1. The highest BCUT2D eigenvalue weighted by Gasteiger charge is 2.19. The molecule has 0 spiro atoms. The standard InChI is InChI=1S/C29H46O4/c1-3-5-7-9-10-11-12-13-17-21-25-23-27(33-28(30)24-19-15-14-16-20-24)26(29(31)32-25)22-18-8-6-4-2/h19,23H,3-18,20-22H2,1-2H3. The molecule has 0 radical (unpaired) electrons. The SMILES string of the molecule is CCCCCCCCCCCc1cc(OC(=O)C2=CCCCC2)c(CCCCCC)c(=O)o1. The van der Waals surface area contributed by atoms with Gasteiger partial charge in [0.25, 0.3) is 0 Å². The van der Waals surface area contributed by atoms with Crippen molar-refractivity contribution < 1.29 is 13.9 Å². The van der Waals surface area contributed by atoms with Gasteiger partial charge in [-0.3, -0.25) is 0 Å². The van der Waals surface area contributed by atoms with Crippen LogP contribution in [0, 0.1) is 0 Å². The highest BCUT2D eigenvalue weighted by Crippen LogP contribution is 2.25. The van der Waals surface area contributed by atoms with Crippen molar-refractivity contribution in [3.05, 3.63) is 39.5 Å². The maximum absolute atomic E-state index is 12.8. The molecule has 2 rings (SSSR count). The number of rotatable bonds is 17. The Bertz CT molecular complexity index is 774. The van der Waals surface area contributed by atoms with Gasteiger partial charge in [0.2, 0.25) is 0 Å². The zero-order valence-corrected chi connectivity index (χ0v) is 21.2. The van der Waals surface area contributed by atoms with Crippen molar-refractivity contribution in [1.82, 2.24) is 0 Å². The molecule has 0 saturated heterocycles. The van der Waals surface area contributed by atoms with E-state index in [0.29, 0.717) is 29.9 Å². The Kier molecular flexibility index (Phi) is 13.9. The van der Waals surface area contributed by atoms with Crippen LogP contribution in [0.3, 0.4) is 0 Å². The Balaban J connectivity index is 1.94. The number of hydrogen-bond donors (Lipinski definition) is 0. The molecular weight excluding hydrogens is 412 g/mol. The number of aryl methyl sites for hydroxylation is 1. The van der Waals surface area contributed by atoms with E-state index in [2.05, 4.69) is 13.8 Å². The predicted octanol–water partition coefficient (Wildman–Crippen LogP) is 8.24. The monoisotopic (exact) mass is 458 g/mol. The van der Waals surface area contributed by atoms with E-state index in [0.717, 1.165) is 69.8 Å². The molecule has 0 unspecified atom stereocenters. The quantitative estimate of drug-likeness (QED) is 0.174. The number of carbonyl (C=O) groups excluding carboxylic acids is 1. The molecule has 4 nitrogen and oxygen atoms in total. The van der Waals surface area contributed by atoms with Crippen molar-refractivity contribution in [3.8, 4) is 5.75 Å². The van der Waals surface area contributed by atoms with Gasteiger partial charge < -0.3 is 9.15 Å². The summed E-state index contributed by atoms with van der Waals surface area (Å²) in [4.78, 5) is 25.5. The van der Waals surface area contributed by atoms with E-state index in [4.69, 9.17) is 9.15 Å². The predicted molar refractivity (Wildman–Crippen MR) is 136 cm³/mol. The van der Waals surface area contributed by atoms with Crippen LogP contribution in [-0.4, -0.2) is 5.97 Å². The topological polar surface area (TPSA) is 56.5 Å². The molecule has 0 aliphatic heterocycles. The minimum absolute atomic E-state index is 0.302. The fraction of sp³-hybridized carbons (Fsp3) is 0.724. The third kappa shape index (κ3) is 10.8. The summed E-state index contributed by atoms with van der Waals surface area (Å²) in [5, 5.41) is 0. The Morgan fingerprint density at radius 3 is 2.09 bits per heavy atom. The van der Waals surface area contributed by atoms with Crippen LogP contribution in [0.2, 0.25) is 0 Å². The molecule has 0 aromatic carbocycles. The van der Waals surface area contributed by atoms with Gasteiger partial charge in [-0.1, -0.05) is 90.6 Å². The zero-order valence-electron chi connectivity index (χ0n) is 21.2. The number of hydrogen-bond acceptors (Lipinski definition) is 4. The van der Waals surface area contributed by atoms with Crippen molar-refractivity contribution in [1.29, 1.82) is 0 Å². The zero-order chi connectivity index (χ0) is 23.7. The van der Waals surface area contributed by atoms with E-state index in [1.54, 1.807) is 0 Å². The van der Waals surface area contributed by atoms with Gasteiger partial charge in [-0.05, 0) is 44.9 Å². The lowest BCUT2D eigenvalue weighted by atomic mass is 10.00. The van der Waals surface area contributed by atoms with Crippen LogP contribution in [0.1, 0.15) is 134 Å². The number of carbonyl (C=O) groups is 1. The second-order valence-corrected chi connectivity index (χ2v) is 9.60. The maximum atomic E-state index is 12.8. The smallest absolute Gasteiger partial charge is 0.342 e. The third-order valence-electron chi connectivity index (χ3n) is 6.62. The average Bonchev–Trinajstić information content (AvgIpc) is 2.82. The maximum Gasteiger partial charge on any atom is 0.342 e. The lowest BCUT2D eigenvalue weighted by Crippen LogP contribution is -2.18. The Hall–Kier alpha value is -1.84. The largest absolute Gasteiger partial charge is 0.427 e. The van der Waals surface area contributed by atoms with Gasteiger partial charge in [0.15, 0.2) is 0 Å². The lowest BCUT2D eigenvalue weighted by Gasteiger charge is -2.14. The number of esters is 1. The third-order valence-corrected chi connectivity index (χ3v) is 6.62. The van der Waals surface area contributed by atoms with Crippen LogP contribution < -0.4 is 10.4 Å². The summed E-state index contributed by atoms with van der Waals surface area (Å²) in [6.45, 7) is 4.41. The van der Waals surface area contributed by atoms with E-state index >= 15 is 0 Å². The van der Waals surface area contributed by atoms with Crippen LogP contribution >= 0.6 is 0 Å². The molecule has 0 atom stereocenters. The van der Waals surface area contributed by atoms with Gasteiger partial charge in [-0.15, -0.1) is 0 Å². The molecule has 0 bridgehead atoms. The first kappa shape index (κ1) is 27.4. The first-order valence-electron chi connectivity index (χ1n) is 13.7. The van der Waals surface area contributed by atoms with Crippen LogP contribution in [0.4, 0.5) is 0 Å². The molecule has 0 amide bonds. The molecule has 186 valence electrons. The van der Waals surface area contributed by atoms with Gasteiger partial charge >= 0.3 is 11.6 Å². The number of allylic oxidation sites excluding steroid dienone is 1. The average molecular weight is 459 g/mol. The summed E-state index contributed by atoms with van der Waals surface area (Å²) in [7, 11) is 0. The molecular formula is C29H46O4. The van der Waals surface area contributed by atoms with E-state index in [-0.39, 0.29) is 11.6 Å². The van der Waals surface area contributed by atoms with Gasteiger partial charge in [0, 0.05) is 18.1 Å². The summed E-state index contributed by atoms with van der Waals surface area (Å²) in [5.74, 6) is 0.759. The molecule has 0 N–H and O–H groups in total. The molecule has 1 aromatic rings. The molecule has 0 saturated carbocycles. The van der Waals surface area contributed by atoms with Crippen LogP contribution in [0.15, 0.2) is 26.9 Å². The van der Waals surface area contributed by atoms with E-state index in [1.807, 2.05) is 12.1 Å². The molecule has 4 heteroatoms. The van der Waals surface area contributed by atoms with Crippen molar-refractivity contribution in [3.63, 3.8) is 0 Å². The molecule has 1 heterocycles. The Morgan fingerprint density at radius 1 is 0.848 bits per heavy atom. The fourth-order valence-corrected chi connectivity index (χ4v) is 4.51. The summed E-state index contributed by atoms with van der Waals surface area (Å²) < 4.78 is 11.4. The second kappa shape index (κ2) is 16.7. The first-order valence-corrected chi connectivity index (χ1v) is 13.7. The van der Waals surface area contributed by atoms with Crippen molar-refractivity contribution in [2.24, 2.45) is 0 Å². The number of unbranched alkanes of at least 4 members (excludes halogenated alkanes) is 11. The Morgan fingerprint density at radius 2 is 1.45 bits per heavy atom. The molecule has 1 aromatic heterocycles. The summed E-state index contributed by atoms with van der Waals surface area (Å²) in [5.41, 5.74) is 0.930. The molecule has 1 aliphatic carbocycles. The van der Waals surface area contributed by atoms with Gasteiger partial charge in [-0.25, -0.2) is 9.59 Å². The van der Waals surface area contributed by atoms with Crippen molar-refractivity contribution in [2.45, 2.75) is 136 Å². The molecule has 0 fully saturated rings. The summed E-state index contributed by atoms with van der Waals surface area (Å²) >= 11 is 0. The minimum atomic E-state index is -0.333. The van der Waals surface area contributed by atoms with Crippen LogP contribution in [0.25, 0.3) is 0 Å². The van der Waals surface area contributed by atoms with Crippen LogP contribution in [0.5, 0.6) is 5.75 Å². The Labute approximate surface area is 201 Å². The fourth-order valence-electron chi connectivity index (χ4n) is 4.51. The van der Waals surface area contributed by atoms with Crippen LogP contribution in [-0.2, 0) is 17.6 Å².